The van der Waals surface area contributed by atoms with Crippen LogP contribution < -0.4 is 0 Å². The minimum atomic E-state index is -0.369. The zero-order valence-electron chi connectivity index (χ0n) is 15.0. The highest BCUT2D eigenvalue weighted by atomic mass is 16.3. The number of Topliss-reactive ketones (excluding diaryl/α,β-unsaturated/α-hetero) is 1. The molecule has 130 valence electrons. The van der Waals surface area contributed by atoms with Crippen LogP contribution in [0.5, 0.6) is 0 Å². The summed E-state index contributed by atoms with van der Waals surface area (Å²) in [6, 6.07) is 0. The highest BCUT2D eigenvalue weighted by molar-refractivity contribution is 6.01. The first-order valence-corrected chi connectivity index (χ1v) is 9.45. The average Bonchev–Trinajstić information content (AvgIpc) is 2.86. The standard InChI is InChI=1S/C21H28O3/c1-12(22)16-6-7-17-15-5-4-13-10-14(23)11-19(24)21(13,3)18(15)8-9-20(16,17)2/h10-11,15-18,24H,4-9H2,1-3H3/t15-,16+,17-,18-,20+,21-/m0/s1. The molecule has 0 aromatic carbocycles. The van der Waals surface area contributed by atoms with Crippen LogP contribution in [-0.4, -0.2) is 16.7 Å². The zero-order chi connectivity index (χ0) is 17.3. The molecule has 0 saturated heterocycles. The van der Waals surface area contributed by atoms with Gasteiger partial charge in [-0.05, 0) is 81.6 Å². The van der Waals surface area contributed by atoms with E-state index in [2.05, 4.69) is 13.8 Å². The second-order valence-corrected chi connectivity index (χ2v) is 9.00. The first kappa shape index (κ1) is 16.1. The van der Waals surface area contributed by atoms with Crippen molar-refractivity contribution in [2.45, 2.75) is 59.3 Å². The number of ketones is 2. The number of rotatable bonds is 1. The Morgan fingerprint density at radius 3 is 2.58 bits per heavy atom. The van der Waals surface area contributed by atoms with E-state index in [1.807, 2.05) is 0 Å². The van der Waals surface area contributed by atoms with E-state index in [1.54, 1.807) is 13.0 Å². The van der Waals surface area contributed by atoms with Crippen LogP contribution in [0.4, 0.5) is 0 Å². The number of hydrogen-bond donors (Lipinski definition) is 1. The van der Waals surface area contributed by atoms with E-state index in [-0.39, 0.29) is 28.3 Å². The van der Waals surface area contributed by atoms with Crippen molar-refractivity contribution in [3.8, 4) is 0 Å². The fourth-order valence-corrected chi connectivity index (χ4v) is 6.97. The Labute approximate surface area is 144 Å². The summed E-state index contributed by atoms with van der Waals surface area (Å²) < 4.78 is 0. The van der Waals surface area contributed by atoms with Crippen LogP contribution in [0.1, 0.15) is 59.3 Å². The highest BCUT2D eigenvalue weighted by Gasteiger charge is 2.60. The molecular formula is C21H28O3. The van der Waals surface area contributed by atoms with Crippen LogP contribution in [0.2, 0.25) is 0 Å². The van der Waals surface area contributed by atoms with Gasteiger partial charge in [-0.15, -0.1) is 0 Å². The summed E-state index contributed by atoms with van der Waals surface area (Å²) in [7, 11) is 0. The summed E-state index contributed by atoms with van der Waals surface area (Å²) in [5.74, 6) is 2.29. The first-order valence-electron chi connectivity index (χ1n) is 9.45. The van der Waals surface area contributed by atoms with Gasteiger partial charge in [0.1, 0.15) is 11.5 Å². The van der Waals surface area contributed by atoms with Gasteiger partial charge in [0.15, 0.2) is 5.78 Å². The van der Waals surface area contributed by atoms with Gasteiger partial charge in [0.2, 0.25) is 0 Å². The Hall–Kier alpha value is -1.38. The summed E-state index contributed by atoms with van der Waals surface area (Å²) in [5.41, 5.74) is 0.888. The second-order valence-electron chi connectivity index (χ2n) is 9.00. The van der Waals surface area contributed by atoms with Crippen LogP contribution in [0.3, 0.4) is 0 Å². The van der Waals surface area contributed by atoms with Gasteiger partial charge in [-0.25, -0.2) is 0 Å². The Bertz CT molecular complexity index is 673. The van der Waals surface area contributed by atoms with E-state index in [9.17, 15) is 14.7 Å². The lowest BCUT2D eigenvalue weighted by atomic mass is 9.47. The Balaban J connectivity index is 1.71. The lowest BCUT2D eigenvalue weighted by Gasteiger charge is -2.57. The molecule has 0 radical (unpaired) electrons. The molecule has 24 heavy (non-hydrogen) atoms. The Morgan fingerprint density at radius 1 is 1.12 bits per heavy atom. The van der Waals surface area contributed by atoms with Crippen molar-refractivity contribution in [3.63, 3.8) is 0 Å². The third kappa shape index (κ3) is 1.90. The largest absolute Gasteiger partial charge is 0.511 e. The molecule has 0 aromatic heterocycles. The maximum absolute atomic E-state index is 12.1. The normalized spacial score (nSPS) is 47.2. The van der Waals surface area contributed by atoms with Gasteiger partial charge in [0, 0.05) is 17.4 Å². The average molecular weight is 328 g/mol. The molecule has 0 aromatic rings. The predicted molar refractivity (Wildman–Crippen MR) is 92.4 cm³/mol. The molecular weight excluding hydrogens is 300 g/mol. The van der Waals surface area contributed by atoms with Crippen molar-refractivity contribution < 1.29 is 14.7 Å². The minimum absolute atomic E-state index is 0.0726. The van der Waals surface area contributed by atoms with E-state index >= 15 is 0 Å². The SMILES string of the molecule is CC(=O)[C@H]1CC[C@H]2[C@@H]3CCC4=CC(=O)C=C(O)[C@]4(C)[C@H]3CC[C@]12C. The third-order valence-corrected chi connectivity index (χ3v) is 8.21. The lowest BCUT2D eigenvalue weighted by Crippen LogP contribution is -2.51. The summed E-state index contributed by atoms with van der Waals surface area (Å²) in [4.78, 5) is 24.0. The molecule has 3 heteroatoms. The molecule has 0 heterocycles. The van der Waals surface area contributed by atoms with Crippen molar-refractivity contribution in [1.29, 1.82) is 0 Å². The molecule has 3 fully saturated rings. The first-order chi connectivity index (χ1) is 11.3. The third-order valence-electron chi connectivity index (χ3n) is 8.21. The molecule has 0 aliphatic heterocycles. The van der Waals surface area contributed by atoms with Crippen LogP contribution in [-0.2, 0) is 9.59 Å². The van der Waals surface area contributed by atoms with Crippen molar-refractivity contribution in [3.05, 3.63) is 23.5 Å². The Morgan fingerprint density at radius 2 is 1.88 bits per heavy atom. The van der Waals surface area contributed by atoms with Crippen LogP contribution in [0.15, 0.2) is 23.5 Å². The van der Waals surface area contributed by atoms with Gasteiger partial charge < -0.3 is 5.11 Å². The number of carbonyl (C=O) groups is 2. The maximum atomic E-state index is 12.1. The number of aliphatic hydroxyl groups is 1. The molecule has 0 bridgehead atoms. The maximum Gasteiger partial charge on any atom is 0.181 e. The summed E-state index contributed by atoms with van der Waals surface area (Å²) in [5, 5.41) is 10.7. The van der Waals surface area contributed by atoms with Crippen molar-refractivity contribution in [1.82, 2.24) is 0 Å². The van der Waals surface area contributed by atoms with E-state index in [4.69, 9.17) is 0 Å². The molecule has 4 aliphatic rings. The van der Waals surface area contributed by atoms with Crippen LogP contribution >= 0.6 is 0 Å². The summed E-state index contributed by atoms with van der Waals surface area (Å²) in [6.45, 7) is 6.23. The molecule has 1 N–H and O–H groups in total. The number of aliphatic hydroxyl groups excluding tert-OH is 1. The van der Waals surface area contributed by atoms with Crippen molar-refractivity contribution in [2.75, 3.05) is 0 Å². The topological polar surface area (TPSA) is 54.4 Å². The van der Waals surface area contributed by atoms with Gasteiger partial charge in [0.05, 0.1) is 0 Å². The highest BCUT2D eigenvalue weighted by Crippen LogP contribution is 2.66. The van der Waals surface area contributed by atoms with Gasteiger partial charge in [-0.1, -0.05) is 12.5 Å². The second kappa shape index (κ2) is 5.06. The van der Waals surface area contributed by atoms with Crippen LogP contribution in [0.25, 0.3) is 0 Å². The van der Waals surface area contributed by atoms with Gasteiger partial charge in [-0.2, -0.15) is 0 Å². The van der Waals surface area contributed by atoms with E-state index in [1.165, 1.54) is 6.08 Å². The predicted octanol–water partition coefficient (Wildman–Crippen LogP) is 4.39. The zero-order valence-corrected chi connectivity index (χ0v) is 15.0. The molecule has 3 saturated carbocycles. The number of carbonyl (C=O) groups excluding carboxylic acids is 2. The number of hydrogen-bond acceptors (Lipinski definition) is 3. The smallest absolute Gasteiger partial charge is 0.181 e. The molecule has 4 rings (SSSR count). The molecule has 0 unspecified atom stereocenters. The molecule has 0 amide bonds. The monoisotopic (exact) mass is 328 g/mol. The van der Waals surface area contributed by atoms with Crippen molar-refractivity contribution >= 4 is 11.6 Å². The molecule has 3 nitrogen and oxygen atoms in total. The minimum Gasteiger partial charge on any atom is -0.511 e. The van der Waals surface area contributed by atoms with E-state index in [0.29, 0.717) is 23.5 Å². The van der Waals surface area contributed by atoms with E-state index in [0.717, 1.165) is 44.1 Å². The Kier molecular flexibility index (Phi) is 3.40. The molecule has 6 atom stereocenters. The van der Waals surface area contributed by atoms with Gasteiger partial charge in [0.25, 0.3) is 0 Å². The fraction of sp³-hybridized carbons (Fsp3) is 0.714. The van der Waals surface area contributed by atoms with Crippen LogP contribution in [0, 0.1) is 34.5 Å². The molecule has 4 aliphatic carbocycles. The fourth-order valence-electron chi connectivity index (χ4n) is 6.97. The lowest BCUT2D eigenvalue weighted by molar-refractivity contribution is -0.127. The number of allylic oxidation sites excluding steroid dienone is 3. The molecule has 0 spiro atoms. The van der Waals surface area contributed by atoms with Gasteiger partial charge in [-0.3, -0.25) is 9.59 Å². The summed E-state index contributed by atoms with van der Waals surface area (Å²) >= 11 is 0. The van der Waals surface area contributed by atoms with E-state index < -0.39 is 0 Å². The number of fused-ring (bicyclic) bond motifs is 5. The quantitative estimate of drug-likeness (QED) is 0.777. The summed E-state index contributed by atoms with van der Waals surface area (Å²) in [6.07, 6.45) is 9.45. The van der Waals surface area contributed by atoms with Crippen molar-refractivity contribution in [2.24, 2.45) is 34.5 Å². The van der Waals surface area contributed by atoms with Gasteiger partial charge >= 0.3 is 0 Å².